The van der Waals surface area contributed by atoms with Crippen LogP contribution in [-0.2, 0) is 0 Å². The molecule has 4 aromatic rings. The maximum absolute atomic E-state index is 16.9. The van der Waals surface area contributed by atoms with Crippen LogP contribution in [0.15, 0.2) is 30.3 Å². The molecule has 1 aromatic heterocycles. The number of piperazine rings is 1. The molecule has 2 bridgehead atoms. The van der Waals surface area contributed by atoms with E-state index in [9.17, 15) is 13.9 Å². The van der Waals surface area contributed by atoms with Crippen LogP contribution in [0.5, 0.6) is 11.8 Å². The largest absolute Gasteiger partial charge is 0.508 e. The van der Waals surface area contributed by atoms with E-state index in [2.05, 4.69) is 21.1 Å². The lowest BCUT2D eigenvalue weighted by atomic mass is 9.73. The minimum atomic E-state index is -1.01. The highest BCUT2D eigenvalue weighted by molar-refractivity contribution is 6.04. The van der Waals surface area contributed by atoms with Gasteiger partial charge in [0, 0.05) is 59.5 Å². The molecule has 1 saturated carbocycles. The monoisotopic (exact) mass is 659 g/mol. The van der Waals surface area contributed by atoms with E-state index in [1.807, 2.05) is 11.8 Å². The molecule has 4 fully saturated rings. The van der Waals surface area contributed by atoms with E-state index in [4.69, 9.17) is 16.1 Å². The summed E-state index contributed by atoms with van der Waals surface area (Å²) in [7, 11) is 0. The quantitative estimate of drug-likeness (QED) is 0.177. The van der Waals surface area contributed by atoms with E-state index >= 15 is 8.78 Å². The summed E-state index contributed by atoms with van der Waals surface area (Å²) < 4.78 is 68.7. The number of anilines is 1. The van der Waals surface area contributed by atoms with Crippen molar-refractivity contribution >= 4 is 27.5 Å². The van der Waals surface area contributed by atoms with Gasteiger partial charge in [0.15, 0.2) is 5.82 Å². The fraction of sp³-hybridized carbons (Fsp3) is 0.459. The van der Waals surface area contributed by atoms with Gasteiger partial charge in [-0.1, -0.05) is 18.9 Å². The normalized spacial score (nSPS) is 25.9. The minimum Gasteiger partial charge on any atom is -0.508 e. The van der Waals surface area contributed by atoms with Gasteiger partial charge in [-0.05, 0) is 74.2 Å². The first-order valence-electron chi connectivity index (χ1n) is 16.7. The first-order valence-corrected chi connectivity index (χ1v) is 16.7. The van der Waals surface area contributed by atoms with Crippen LogP contribution < -0.4 is 15.0 Å². The Hall–Kier alpha value is -4.14. The molecule has 3 saturated heterocycles. The van der Waals surface area contributed by atoms with Crippen molar-refractivity contribution in [1.29, 1.82) is 0 Å². The highest BCUT2D eigenvalue weighted by Gasteiger charge is 2.44. The van der Waals surface area contributed by atoms with Gasteiger partial charge in [-0.25, -0.2) is 13.2 Å². The molecule has 4 heterocycles. The van der Waals surface area contributed by atoms with E-state index in [0.717, 1.165) is 44.7 Å². The third-order valence-electron chi connectivity index (χ3n) is 10.9. The number of phenolic OH excluding ortho intramolecular Hbond substituents is 1. The number of aromatic nitrogens is 2. The lowest BCUT2D eigenvalue weighted by molar-refractivity contribution is -0.0122. The van der Waals surface area contributed by atoms with Gasteiger partial charge in [-0.2, -0.15) is 9.97 Å². The number of piperidine rings is 1. The van der Waals surface area contributed by atoms with Crippen LogP contribution in [0, 0.1) is 41.1 Å². The van der Waals surface area contributed by atoms with Gasteiger partial charge in [0.2, 0.25) is 0 Å². The number of fused-ring (bicyclic) bond motifs is 4. The zero-order chi connectivity index (χ0) is 33.3. The first-order chi connectivity index (χ1) is 23.2. The van der Waals surface area contributed by atoms with Gasteiger partial charge in [0.25, 0.3) is 0 Å². The molecule has 0 spiro atoms. The fourth-order valence-corrected chi connectivity index (χ4v) is 8.20. The molecule has 2 N–H and O–H groups in total. The van der Waals surface area contributed by atoms with E-state index in [1.54, 1.807) is 0 Å². The molecule has 4 atom stereocenters. The molecule has 3 aromatic carbocycles. The van der Waals surface area contributed by atoms with Crippen LogP contribution in [0.3, 0.4) is 0 Å². The third-order valence-corrected chi connectivity index (χ3v) is 10.9. The number of hydrogen-bond acceptors (Lipinski definition) is 7. The molecule has 1 aliphatic carbocycles. The molecule has 48 heavy (non-hydrogen) atoms. The highest BCUT2D eigenvalue weighted by atomic mass is 19.1. The number of aromatic hydroxyl groups is 1. The van der Waals surface area contributed by atoms with Gasteiger partial charge in [-0.3, -0.25) is 9.29 Å². The van der Waals surface area contributed by atoms with Gasteiger partial charge < -0.3 is 20.1 Å². The van der Waals surface area contributed by atoms with Crippen molar-refractivity contribution in [2.24, 2.45) is 11.3 Å². The number of rotatable bonds is 7. The second-order valence-corrected chi connectivity index (χ2v) is 14.3. The maximum atomic E-state index is 16.9. The molecular formula is C37H37F4N5O2. The van der Waals surface area contributed by atoms with Gasteiger partial charge in [0.05, 0.1) is 24.4 Å². The van der Waals surface area contributed by atoms with E-state index in [-0.39, 0.29) is 63.8 Å². The molecular weight excluding hydrogens is 622 g/mol. The summed E-state index contributed by atoms with van der Waals surface area (Å²) in [5.74, 6) is -0.494. The number of nitrogens with one attached hydrogen (secondary N) is 1. The summed E-state index contributed by atoms with van der Waals surface area (Å²) in [5.41, 5.74) is -1.47. The number of hydrogen-bond donors (Lipinski definition) is 2. The average Bonchev–Trinajstić information content (AvgIpc) is 3.87. The molecule has 7 nitrogen and oxygen atoms in total. The standard InChI is InChI=1S/C37H37F4N5O2/c1-3-26-29(39)9-4-20-12-25(47)13-27(31(20)26)32-30(40)14-28-34(33(32)41)43-36(44-35(28)46-16-22-5-6-23(17-46)42-22)48-19-37(2)18-45(24-7-8-24)11-10-21(37)15-38/h1,4,9,12-14,21-24,42,47H,5-8,10-11,15-19H2,2H3/t21?,22-,23+,37?. The Bertz CT molecular complexity index is 1970. The minimum absolute atomic E-state index is 0.0849. The summed E-state index contributed by atoms with van der Waals surface area (Å²) in [5, 5.41) is 14.7. The van der Waals surface area contributed by atoms with Gasteiger partial charge >= 0.3 is 6.01 Å². The van der Waals surface area contributed by atoms with Crippen molar-refractivity contribution in [3.8, 4) is 35.2 Å². The van der Waals surface area contributed by atoms with Crippen LogP contribution in [0.25, 0.3) is 32.8 Å². The summed E-state index contributed by atoms with van der Waals surface area (Å²) in [6, 6.07) is 7.15. The molecule has 250 valence electrons. The molecule has 11 heteroatoms. The Balaban J connectivity index is 1.27. The zero-order valence-corrected chi connectivity index (χ0v) is 26.7. The molecule has 8 rings (SSSR count). The molecule has 2 unspecified atom stereocenters. The van der Waals surface area contributed by atoms with Gasteiger partial charge in [0.1, 0.15) is 28.7 Å². The van der Waals surface area contributed by atoms with Crippen LogP contribution in [0.4, 0.5) is 23.4 Å². The Labute approximate surface area is 276 Å². The molecule has 3 aliphatic heterocycles. The SMILES string of the molecule is C#Cc1c(F)ccc2cc(O)cc(-c3c(F)cc4c(N5C[C@H]6CC[C@@H](C5)N6)nc(OCC5(C)CN(C6CC6)CCC5CF)nc4c3F)c12. The Morgan fingerprint density at radius 1 is 1.04 bits per heavy atom. The smallest absolute Gasteiger partial charge is 0.319 e. The topological polar surface area (TPSA) is 73.8 Å². The second kappa shape index (κ2) is 11.8. The van der Waals surface area contributed by atoms with Crippen molar-refractivity contribution in [3.63, 3.8) is 0 Å². The van der Waals surface area contributed by atoms with E-state index in [0.29, 0.717) is 36.9 Å². The van der Waals surface area contributed by atoms with Crippen LogP contribution in [0.1, 0.15) is 44.6 Å². The number of nitrogens with zero attached hydrogens (tertiary/aromatic N) is 4. The Kier molecular flexibility index (Phi) is 7.64. The van der Waals surface area contributed by atoms with E-state index in [1.165, 1.54) is 24.3 Å². The van der Waals surface area contributed by atoms with Crippen molar-refractivity contribution in [3.05, 3.63) is 53.3 Å². The Morgan fingerprint density at radius 3 is 2.52 bits per heavy atom. The third kappa shape index (κ3) is 5.30. The van der Waals surface area contributed by atoms with Crippen LogP contribution in [0.2, 0.25) is 0 Å². The number of terminal acetylenes is 1. The zero-order valence-electron chi connectivity index (χ0n) is 26.7. The van der Waals surface area contributed by atoms with Crippen LogP contribution in [-0.4, -0.2) is 77.6 Å². The van der Waals surface area contributed by atoms with E-state index < -0.39 is 35.1 Å². The molecule has 0 radical (unpaired) electrons. The molecule has 4 aliphatic rings. The van der Waals surface area contributed by atoms with Crippen molar-refractivity contribution in [2.45, 2.75) is 57.2 Å². The lowest BCUT2D eigenvalue weighted by Crippen LogP contribution is -2.52. The van der Waals surface area contributed by atoms with Crippen molar-refractivity contribution in [2.75, 3.05) is 44.4 Å². The average molecular weight is 660 g/mol. The summed E-state index contributed by atoms with van der Waals surface area (Å²) in [6.45, 7) is 4.38. The summed E-state index contributed by atoms with van der Waals surface area (Å²) >= 11 is 0. The predicted octanol–water partition coefficient (Wildman–Crippen LogP) is 6.33. The second-order valence-electron chi connectivity index (χ2n) is 14.3. The number of halogens is 4. The maximum Gasteiger partial charge on any atom is 0.319 e. The van der Waals surface area contributed by atoms with Gasteiger partial charge in [-0.15, -0.1) is 6.42 Å². The Morgan fingerprint density at radius 2 is 1.81 bits per heavy atom. The van der Waals surface area contributed by atoms with Crippen molar-refractivity contribution < 1.29 is 27.4 Å². The lowest BCUT2D eigenvalue weighted by Gasteiger charge is -2.45. The fourth-order valence-electron chi connectivity index (χ4n) is 8.20. The van der Waals surface area contributed by atoms with Crippen LogP contribution >= 0.6 is 0 Å². The predicted molar refractivity (Wildman–Crippen MR) is 176 cm³/mol. The molecule has 0 amide bonds. The number of alkyl halides is 1. The number of ether oxygens (including phenoxy) is 1. The summed E-state index contributed by atoms with van der Waals surface area (Å²) in [6.07, 6.45) is 10.6. The highest BCUT2D eigenvalue weighted by Crippen LogP contribution is 2.43. The summed E-state index contributed by atoms with van der Waals surface area (Å²) in [4.78, 5) is 13.7. The number of benzene rings is 3. The first kappa shape index (κ1) is 31.1. The number of likely N-dealkylation sites (tertiary alicyclic amines) is 1. The van der Waals surface area contributed by atoms with Crippen molar-refractivity contribution in [1.82, 2.24) is 20.2 Å². The number of phenols is 1.